The van der Waals surface area contributed by atoms with Crippen LogP contribution in [0.2, 0.25) is 0 Å². The highest BCUT2D eigenvalue weighted by molar-refractivity contribution is 6.35. The van der Waals surface area contributed by atoms with E-state index >= 15 is 0 Å². The van der Waals surface area contributed by atoms with Gasteiger partial charge in [-0.2, -0.15) is 0 Å². The second-order valence-corrected chi connectivity index (χ2v) is 5.37. The van der Waals surface area contributed by atoms with Gasteiger partial charge in [0.2, 0.25) is 0 Å². The van der Waals surface area contributed by atoms with E-state index < -0.39 is 0 Å². The molecule has 2 aromatic rings. The van der Waals surface area contributed by atoms with Gasteiger partial charge in [0.15, 0.2) is 0 Å². The van der Waals surface area contributed by atoms with Gasteiger partial charge in [0, 0.05) is 16.8 Å². The van der Waals surface area contributed by atoms with E-state index in [4.69, 9.17) is 0 Å². The fraction of sp³-hybridized carbons (Fsp3) is 0.167. The molecular weight excluding hydrogens is 246 g/mol. The van der Waals surface area contributed by atoms with Crippen molar-refractivity contribution in [2.75, 3.05) is 5.32 Å². The first kappa shape index (κ1) is 12.7. The van der Waals surface area contributed by atoms with Crippen LogP contribution in [-0.2, 0) is 4.79 Å². The van der Waals surface area contributed by atoms with Gasteiger partial charge in [-0.25, -0.2) is 0 Å². The van der Waals surface area contributed by atoms with Gasteiger partial charge in [0.25, 0.3) is 5.91 Å². The summed E-state index contributed by atoms with van der Waals surface area (Å²) in [6, 6.07) is 12.1. The minimum Gasteiger partial charge on any atom is -0.321 e. The maximum absolute atomic E-state index is 12.1. The Morgan fingerprint density at radius 2 is 1.65 bits per heavy atom. The molecular formula is C18H17NO. The Labute approximate surface area is 119 Å². The number of rotatable bonds is 1. The van der Waals surface area contributed by atoms with E-state index in [0.717, 1.165) is 22.4 Å². The molecule has 2 heteroatoms. The van der Waals surface area contributed by atoms with Crippen molar-refractivity contribution in [1.82, 2.24) is 0 Å². The molecule has 0 fully saturated rings. The smallest absolute Gasteiger partial charge is 0.256 e. The molecule has 1 amide bonds. The highest BCUT2D eigenvalue weighted by Crippen LogP contribution is 2.33. The molecule has 0 bridgehead atoms. The largest absolute Gasteiger partial charge is 0.321 e. The van der Waals surface area contributed by atoms with E-state index in [0.29, 0.717) is 0 Å². The third kappa shape index (κ3) is 2.03. The highest BCUT2D eigenvalue weighted by atomic mass is 16.2. The third-order valence-corrected chi connectivity index (χ3v) is 3.74. The number of nitrogens with one attached hydrogen (secondary N) is 1. The summed E-state index contributed by atoms with van der Waals surface area (Å²) >= 11 is 0. The lowest BCUT2D eigenvalue weighted by molar-refractivity contribution is -0.110. The number of amides is 1. The lowest BCUT2D eigenvalue weighted by Crippen LogP contribution is -2.04. The minimum atomic E-state index is -0.0226. The van der Waals surface area contributed by atoms with Crippen LogP contribution in [0.25, 0.3) is 11.6 Å². The normalized spacial score (nSPS) is 15.3. The van der Waals surface area contributed by atoms with Crippen LogP contribution in [0.3, 0.4) is 0 Å². The predicted molar refractivity (Wildman–Crippen MR) is 83.6 cm³/mol. The van der Waals surface area contributed by atoms with Crippen LogP contribution in [0.5, 0.6) is 0 Å². The molecule has 0 spiro atoms. The lowest BCUT2D eigenvalue weighted by atomic mass is 9.96. The maximum Gasteiger partial charge on any atom is 0.256 e. The first-order valence-electron chi connectivity index (χ1n) is 6.76. The van der Waals surface area contributed by atoms with Crippen LogP contribution in [0.1, 0.15) is 27.8 Å². The summed E-state index contributed by atoms with van der Waals surface area (Å²) in [5.74, 6) is -0.0226. The molecule has 0 atom stereocenters. The number of carbonyl (C=O) groups is 1. The minimum absolute atomic E-state index is 0.0226. The van der Waals surface area contributed by atoms with Crippen molar-refractivity contribution in [1.29, 1.82) is 0 Å². The summed E-state index contributed by atoms with van der Waals surface area (Å²) < 4.78 is 0. The molecule has 0 aliphatic carbocycles. The fourth-order valence-corrected chi connectivity index (χ4v) is 2.85. The van der Waals surface area contributed by atoms with E-state index in [1.165, 1.54) is 16.7 Å². The zero-order chi connectivity index (χ0) is 14.3. The molecule has 0 radical (unpaired) electrons. The molecule has 100 valence electrons. The topological polar surface area (TPSA) is 29.1 Å². The van der Waals surface area contributed by atoms with E-state index in [-0.39, 0.29) is 5.91 Å². The van der Waals surface area contributed by atoms with E-state index in [1.807, 2.05) is 30.3 Å². The number of anilines is 1. The van der Waals surface area contributed by atoms with Gasteiger partial charge < -0.3 is 5.32 Å². The van der Waals surface area contributed by atoms with Gasteiger partial charge in [0.05, 0.1) is 0 Å². The molecule has 1 aliphatic heterocycles. The first-order valence-corrected chi connectivity index (χ1v) is 6.76. The van der Waals surface area contributed by atoms with Crippen LogP contribution in [-0.4, -0.2) is 5.91 Å². The zero-order valence-electron chi connectivity index (χ0n) is 11.9. The summed E-state index contributed by atoms with van der Waals surface area (Å²) in [6.07, 6.45) is 2.01. The summed E-state index contributed by atoms with van der Waals surface area (Å²) in [5.41, 5.74) is 7.41. The highest BCUT2D eigenvalue weighted by Gasteiger charge is 2.23. The van der Waals surface area contributed by atoms with Gasteiger partial charge in [-0.05, 0) is 49.6 Å². The van der Waals surface area contributed by atoms with Crippen molar-refractivity contribution in [3.05, 3.63) is 64.2 Å². The van der Waals surface area contributed by atoms with E-state index in [9.17, 15) is 4.79 Å². The molecule has 1 aliphatic rings. The molecule has 2 aromatic carbocycles. The van der Waals surface area contributed by atoms with Crippen LogP contribution in [0.15, 0.2) is 36.4 Å². The van der Waals surface area contributed by atoms with Crippen molar-refractivity contribution in [3.63, 3.8) is 0 Å². The van der Waals surface area contributed by atoms with Crippen molar-refractivity contribution < 1.29 is 4.79 Å². The Morgan fingerprint density at radius 1 is 1.00 bits per heavy atom. The monoisotopic (exact) mass is 263 g/mol. The van der Waals surface area contributed by atoms with Gasteiger partial charge in [-0.15, -0.1) is 0 Å². The average molecular weight is 263 g/mol. The lowest BCUT2D eigenvalue weighted by Gasteiger charge is -2.08. The van der Waals surface area contributed by atoms with E-state index in [2.05, 4.69) is 38.2 Å². The third-order valence-electron chi connectivity index (χ3n) is 3.74. The molecule has 0 unspecified atom stereocenters. The number of carbonyl (C=O) groups excluding carboxylic acids is 1. The molecule has 1 heterocycles. The second-order valence-electron chi connectivity index (χ2n) is 5.37. The Bertz CT molecular complexity index is 718. The SMILES string of the molecule is Cc1cc(C)c(C=C2C(=O)Nc3ccccc32)c(C)c1. The summed E-state index contributed by atoms with van der Waals surface area (Å²) in [4.78, 5) is 12.1. The zero-order valence-corrected chi connectivity index (χ0v) is 11.9. The second kappa shape index (κ2) is 4.64. The summed E-state index contributed by atoms with van der Waals surface area (Å²) in [6.45, 7) is 6.27. The number of aryl methyl sites for hydroxylation is 3. The summed E-state index contributed by atoms with van der Waals surface area (Å²) in [5, 5.41) is 2.91. The van der Waals surface area contributed by atoms with Crippen LogP contribution >= 0.6 is 0 Å². The first-order chi connectivity index (χ1) is 9.56. The number of para-hydroxylation sites is 1. The van der Waals surface area contributed by atoms with Crippen molar-refractivity contribution in [2.45, 2.75) is 20.8 Å². The number of hydrogen-bond acceptors (Lipinski definition) is 1. The van der Waals surface area contributed by atoms with Crippen LogP contribution < -0.4 is 5.32 Å². The number of hydrogen-bond donors (Lipinski definition) is 1. The van der Waals surface area contributed by atoms with Crippen LogP contribution in [0.4, 0.5) is 5.69 Å². The molecule has 3 rings (SSSR count). The van der Waals surface area contributed by atoms with Gasteiger partial charge >= 0.3 is 0 Å². The molecule has 20 heavy (non-hydrogen) atoms. The van der Waals surface area contributed by atoms with Gasteiger partial charge in [-0.1, -0.05) is 35.9 Å². The van der Waals surface area contributed by atoms with Crippen molar-refractivity contribution >= 4 is 23.2 Å². The quantitative estimate of drug-likeness (QED) is 0.771. The number of benzene rings is 2. The van der Waals surface area contributed by atoms with Crippen molar-refractivity contribution in [2.24, 2.45) is 0 Å². The van der Waals surface area contributed by atoms with Gasteiger partial charge in [-0.3, -0.25) is 4.79 Å². The Hall–Kier alpha value is -2.35. The fourth-order valence-electron chi connectivity index (χ4n) is 2.85. The Kier molecular flexibility index (Phi) is 2.94. The van der Waals surface area contributed by atoms with E-state index in [1.54, 1.807) is 0 Å². The molecule has 1 N–H and O–H groups in total. The molecule has 0 saturated heterocycles. The van der Waals surface area contributed by atoms with Crippen LogP contribution in [0, 0.1) is 20.8 Å². The predicted octanol–water partition coefficient (Wildman–Crippen LogP) is 4.10. The Morgan fingerprint density at radius 3 is 2.35 bits per heavy atom. The standard InChI is InChI=1S/C18H17NO/c1-11-8-12(2)15(13(3)9-11)10-16-14-6-4-5-7-17(14)19-18(16)20/h4-10H,1-3H3,(H,19,20). The van der Waals surface area contributed by atoms with Crippen molar-refractivity contribution in [3.8, 4) is 0 Å². The number of fused-ring (bicyclic) bond motifs is 1. The van der Waals surface area contributed by atoms with Gasteiger partial charge in [0.1, 0.15) is 0 Å². The molecule has 0 saturated carbocycles. The maximum atomic E-state index is 12.1. The summed E-state index contributed by atoms with van der Waals surface area (Å²) in [7, 11) is 0. The molecule has 0 aromatic heterocycles. The Balaban J connectivity index is 2.17. The molecule has 2 nitrogen and oxygen atoms in total. The average Bonchev–Trinajstić information content (AvgIpc) is 2.69.